The number of aromatic nitrogens is 4. The van der Waals surface area contributed by atoms with E-state index in [9.17, 15) is 18.3 Å². The van der Waals surface area contributed by atoms with Gasteiger partial charge in [0.25, 0.3) is 0 Å². The van der Waals surface area contributed by atoms with Crippen molar-refractivity contribution < 1.29 is 18.3 Å². The quantitative estimate of drug-likeness (QED) is 0.908. The molecule has 6 nitrogen and oxygen atoms in total. The van der Waals surface area contributed by atoms with Crippen LogP contribution < -0.4 is 0 Å². The van der Waals surface area contributed by atoms with E-state index in [1.807, 2.05) is 6.07 Å². The number of rotatable bonds is 3. The molecule has 4 rings (SSSR count). The summed E-state index contributed by atoms with van der Waals surface area (Å²) in [7, 11) is 0. The summed E-state index contributed by atoms with van der Waals surface area (Å²) in [6.07, 6.45) is -2.38. The van der Waals surface area contributed by atoms with Gasteiger partial charge in [0.05, 0.1) is 5.69 Å². The van der Waals surface area contributed by atoms with Gasteiger partial charge in [-0.15, -0.1) is 10.2 Å². The monoisotopic (exact) mass is 355 g/mol. The van der Waals surface area contributed by atoms with Crippen LogP contribution in [0.15, 0.2) is 6.07 Å². The Hall–Kier alpha value is -1.74. The van der Waals surface area contributed by atoms with Crippen LogP contribution in [0.2, 0.25) is 0 Å². The normalized spacial score (nSPS) is 21.0. The highest BCUT2D eigenvalue weighted by molar-refractivity contribution is 5.43. The third kappa shape index (κ3) is 3.22. The predicted octanol–water partition coefficient (Wildman–Crippen LogP) is 1.72. The first-order valence-corrected chi connectivity index (χ1v) is 8.63. The fourth-order valence-electron chi connectivity index (χ4n) is 3.77. The van der Waals surface area contributed by atoms with Crippen LogP contribution in [0.5, 0.6) is 0 Å². The van der Waals surface area contributed by atoms with Gasteiger partial charge in [-0.1, -0.05) is 0 Å². The van der Waals surface area contributed by atoms with E-state index in [2.05, 4.69) is 15.3 Å². The fourth-order valence-corrected chi connectivity index (χ4v) is 3.77. The van der Waals surface area contributed by atoms with Crippen LogP contribution in [0.1, 0.15) is 42.3 Å². The van der Waals surface area contributed by atoms with Crippen LogP contribution in [-0.2, 0) is 12.8 Å². The van der Waals surface area contributed by atoms with Crippen LogP contribution in [-0.4, -0.2) is 61.7 Å². The molecule has 2 aliphatic rings. The second-order valence-electron chi connectivity index (χ2n) is 6.93. The Kier molecular flexibility index (Phi) is 4.15. The summed E-state index contributed by atoms with van der Waals surface area (Å²) in [6, 6.07) is 2.04. The minimum Gasteiger partial charge on any atom is -0.382 e. The lowest BCUT2D eigenvalue weighted by Gasteiger charge is -2.32. The number of hydrogen-bond donors (Lipinski definition) is 1. The molecule has 1 unspecified atom stereocenters. The number of halogens is 3. The molecule has 0 amide bonds. The van der Waals surface area contributed by atoms with Crippen molar-refractivity contribution >= 4 is 5.65 Å². The van der Waals surface area contributed by atoms with Crippen LogP contribution >= 0.6 is 0 Å². The number of hydrogen-bond acceptors (Lipinski definition) is 5. The van der Waals surface area contributed by atoms with Gasteiger partial charge in [-0.25, -0.2) is 0 Å². The Balaban J connectivity index is 1.45. The molecule has 1 aliphatic heterocycles. The topological polar surface area (TPSA) is 66.5 Å². The van der Waals surface area contributed by atoms with Crippen LogP contribution in [0.25, 0.3) is 5.65 Å². The van der Waals surface area contributed by atoms with E-state index in [-0.39, 0.29) is 12.5 Å². The molecule has 0 saturated carbocycles. The highest BCUT2D eigenvalue weighted by Crippen LogP contribution is 2.29. The largest absolute Gasteiger partial charge is 0.415 e. The van der Waals surface area contributed by atoms with Crippen LogP contribution in [0.3, 0.4) is 0 Å². The zero-order valence-corrected chi connectivity index (χ0v) is 13.7. The number of aryl methyl sites for hydroxylation is 2. The lowest BCUT2D eigenvalue weighted by Crippen LogP contribution is -2.44. The van der Waals surface area contributed by atoms with Crippen molar-refractivity contribution in [3.8, 4) is 0 Å². The average molecular weight is 355 g/mol. The number of aliphatic hydroxyl groups is 1. The maximum absolute atomic E-state index is 12.5. The highest BCUT2D eigenvalue weighted by Gasteiger charge is 2.39. The van der Waals surface area contributed by atoms with Crippen LogP contribution in [0.4, 0.5) is 13.2 Å². The maximum Gasteiger partial charge on any atom is 0.415 e. The van der Waals surface area contributed by atoms with E-state index in [4.69, 9.17) is 0 Å². The number of alkyl halides is 3. The molecule has 2 aromatic rings. The second-order valence-corrected chi connectivity index (χ2v) is 6.93. The van der Waals surface area contributed by atoms with Gasteiger partial charge in [0.2, 0.25) is 0 Å². The predicted molar refractivity (Wildman–Crippen MR) is 83.3 cm³/mol. The first-order chi connectivity index (χ1) is 11.9. The summed E-state index contributed by atoms with van der Waals surface area (Å²) in [4.78, 5) is 1.66. The summed E-state index contributed by atoms with van der Waals surface area (Å²) in [6.45, 7) is 0.623. The number of β-amino-alcohol motifs (C(OH)–C–C–N with tert-alkyl or cyclic N) is 1. The Morgan fingerprint density at radius 2 is 1.96 bits per heavy atom. The molecule has 0 bridgehead atoms. The number of aliphatic hydroxyl groups excluding tert-OH is 1. The van der Waals surface area contributed by atoms with Crippen LogP contribution in [0, 0.1) is 0 Å². The smallest absolute Gasteiger partial charge is 0.382 e. The summed E-state index contributed by atoms with van der Waals surface area (Å²) < 4.78 is 39.2. The summed E-state index contributed by atoms with van der Waals surface area (Å²) in [5, 5.41) is 22.4. The molecule has 25 heavy (non-hydrogen) atoms. The van der Waals surface area contributed by atoms with Crippen molar-refractivity contribution in [2.75, 3.05) is 19.6 Å². The van der Waals surface area contributed by atoms with Gasteiger partial charge in [-0.2, -0.15) is 22.8 Å². The second kappa shape index (κ2) is 6.21. The summed E-state index contributed by atoms with van der Waals surface area (Å²) >= 11 is 0. The van der Waals surface area contributed by atoms with E-state index in [1.165, 1.54) is 5.56 Å². The zero-order chi connectivity index (χ0) is 17.6. The minimum atomic E-state index is -4.57. The van der Waals surface area contributed by atoms with Crippen molar-refractivity contribution in [3.05, 3.63) is 23.1 Å². The molecule has 2 aromatic heterocycles. The molecular weight excluding hydrogens is 335 g/mol. The van der Waals surface area contributed by atoms with Crippen molar-refractivity contribution in [2.45, 2.75) is 50.3 Å². The molecule has 1 fully saturated rings. The number of fused-ring (bicyclic) bond motifs is 2. The van der Waals surface area contributed by atoms with E-state index >= 15 is 0 Å². The maximum atomic E-state index is 12.5. The third-order valence-electron chi connectivity index (χ3n) is 5.21. The van der Waals surface area contributed by atoms with E-state index in [1.54, 1.807) is 9.42 Å². The molecule has 1 N–H and O–H groups in total. The Bertz CT molecular complexity index is 767. The number of piperidine rings is 1. The number of likely N-dealkylation sites (tertiary alicyclic amines) is 1. The van der Waals surface area contributed by atoms with Crippen molar-refractivity contribution in [3.63, 3.8) is 0 Å². The third-order valence-corrected chi connectivity index (χ3v) is 5.21. The lowest BCUT2D eigenvalue weighted by atomic mass is 9.96. The molecule has 0 aromatic carbocycles. The van der Waals surface area contributed by atoms with Gasteiger partial charge in [0.15, 0.2) is 17.6 Å². The zero-order valence-electron chi connectivity index (χ0n) is 13.7. The summed E-state index contributed by atoms with van der Waals surface area (Å²) in [5.41, 5.74) is 3.08. The van der Waals surface area contributed by atoms with Gasteiger partial charge in [-0.05, 0) is 56.8 Å². The Labute approximate surface area is 142 Å². The molecule has 3 heterocycles. The van der Waals surface area contributed by atoms with E-state index < -0.39 is 12.3 Å². The van der Waals surface area contributed by atoms with E-state index in [0.717, 1.165) is 36.4 Å². The van der Waals surface area contributed by atoms with Gasteiger partial charge in [-0.3, -0.25) is 0 Å². The SMILES string of the molecule is OC(CN1CCC(c2nnc3cc4c(nn23)CCC4)CC1)C(F)(F)F. The lowest BCUT2D eigenvalue weighted by molar-refractivity contribution is -0.208. The Morgan fingerprint density at radius 1 is 1.20 bits per heavy atom. The molecular formula is C16H20F3N5O. The van der Waals surface area contributed by atoms with Crippen molar-refractivity contribution in [1.29, 1.82) is 0 Å². The first kappa shape index (κ1) is 16.7. The molecule has 136 valence electrons. The Morgan fingerprint density at radius 3 is 2.68 bits per heavy atom. The van der Waals surface area contributed by atoms with Gasteiger partial charge >= 0.3 is 6.18 Å². The summed E-state index contributed by atoms with van der Waals surface area (Å²) in [5.74, 6) is 0.918. The van der Waals surface area contributed by atoms with Gasteiger partial charge in [0, 0.05) is 12.5 Å². The molecule has 1 atom stereocenters. The standard InChI is InChI=1S/C16H20F3N5O/c17-16(18,19)13(25)9-23-6-4-10(5-7-23)15-21-20-14-8-11-2-1-3-12(11)22-24(14)15/h8,10,13,25H,1-7,9H2. The number of nitrogens with zero attached hydrogens (tertiary/aromatic N) is 5. The van der Waals surface area contributed by atoms with E-state index in [0.29, 0.717) is 25.9 Å². The van der Waals surface area contributed by atoms with Crippen molar-refractivity contribution in [2.24, 2.45) is 0 Å². The minimum absolute atomic E-state index is 0.126. The highest BCUT2D eigenvalue weighted by atomic mass is 19.4. The molecule has 0 spiro atoms. The first-order valence-electron chi connectivity index (χ1n) is 8.63. The van der Waals surface area contributed by atoms with Crippen molar-refractivity contribution in [1.82, 2.24) is 24.7 Å². The van der Waals surface area contributed by atoms with Gasteiger partial charge in [0.1, 0.15) is 0 Å². The molecule has 1 aliphatic carbocycles. The average Bonchev–Trinajstić information content (AvgIpc) is 3.18. The van der Waals surface area contributed by atoms with Gasteiger partial charge < -0.3 is 10.0 Å². The fraction of sp³-hybridized carbons (Fsp3) is 0.688. The molecule has 9 heteroatoms. The molecule has 1 saturated heterocycles. The molecule has 0 radical (unpaired) electrons.